The van der Waals surface area contributed by atoms with Gasteiger partial charge in [-0.1, -0.05) is 6.07 Å². The molecule has 0 aromatic carbocycles. The molecule has 0 bridgehead atoms. The Labute approximate surface area is 85.3 Å². The van der Waals surface area contributed by atoms with Crippen molar-refractivity contribution in [2.24, 2.45) is 0 Å². The van der Waals surface area contributed by atoms with Gasteiger partial charge in [-0.05, 0) is 11.6 Å². The molecule has 0 saturated carbocycles. The molecule has 6 heteroatoms. The van der Waals surface area contributed by atoms with E-state index in [-0.39, 0.29) is 5.69 Å². The summed E-state index contributed by atoms with van der Waals surface area (Å²) in [4.78, 5) is 13.9. The number of hydrogen-bond donors (Lipinski definition) is 0. The smallest absolute Gasteiger partial charge is 0.264 e. The molecule has 76 valence electrons. The summed E-state index contributed by atoms with van der Waals surface area (Å²) < 4.78 is 1.51. The van der Waals surface area contributed by atoms with E-state index in [1.807, 2.05) is 12.1 Å². The van der Waals surface area contributed by atoms with E-state index < -0.39 is 4.92 Å². The molecule has 0 saturated heterocycles. The molecule has 0 aliphatic rings. The Hall–Kier alpha value is -2.24. The third kappa shape index (κ3) is 2.16. The van der Waals surface area contributed by atoms with Gasteiger partial charge in [0.1, 0.15) is 12.4 Å². The minimum atomic E-state index is -0.466. The third-order valence-electron chi connectivity index (χ3n) is 1.90. The van der Waals surface area contributed by atoms with Crippen LogP contribution in [0, 0.1) is 10.1 Å². The standard InChI is InChI=1S/C9H8N4O2/c14-13(15)9-5-11-12(7-9)6-8-2-1-3-10-4-8/h1-5,7H,6H2. The zero-order chi connectivity index (χ0) is 10.7. The molecule has 0 spiro atoms. The molecule has 0 fully saturated rings. The van der Waals surface area contributed by atoms with Crippen LogP contribution in [-0.4, -0.2) is 19.7 Å². The van der Waals surface area contributed by atoms with Crippen molar-refractivity contribution in [1.82, 2.24) is 14.8 Å². The van der Waals surface area contributed by atoms with E-state index in [2.05, 4.69) is 10.1 Å². The molecule has 0 N–H and O–H groups in total. The Morgan fingerprint density at radius 1 is 1.47 bits per heavy atom. The van der Waals surface area contributed by atoms with Gasteiger partial charge < -0.3 is 0 Å². The fourth-order valence-electron chi connectivity index (χ4n) is 1.21. The van der Waals surface area contributed by atoms with Crippen molar-refractivity contribution >= 4 is 5.69 Å². The van der Waals surface area contributed by atoms with Crippen molar-refractivity contribution in [3.8, 4) is 0 Å². The number of hydrogen-bond acceptors (Lipinski definition) is 4. The van der Waals surface area contributed by atoms with Crippen LogP contribution in [0.25, 0.3) is 0 Å². The summed E-state index contributed by atoms with van der Waals surface area (Å²) >= 11 is 0. The average Bonchev–Trinajstić information content (AvgIpc) is 2.68. The Morgan fingerprint density at radius 2 is 2.33 bits per heavy atom. The van der Waals surface area contributed by atoms with E-state index in [4.69, 9.17) is 0 Å². The lowest BCUT2D eigenvalue weighted by atomic mass is 10.3. The van der Waals surface area contributed by atoms with Crippen molar-refractivity contribution in [2.45, 2.75) is 6.54 Å². The van der Waals surface area contributed by atoms with E-state index in [0.717, 1.165) is 5.56 Å². The summed E-state index contributed by atoms with van der Waals surface area (Å²) in [6.07, 6.45) is 6.01. The summed E-state index contributed by atoms with van der Waals surface area (Å²) in [5.41, 5.74) is 0.953. The van der Waals surface area contributed by atoms with Gasteiger partial charge in [-0.25, -0.2) is 0 Å². The maximum Gasteiger partial charge on any atom is 0.307 e. The predicted octanol–water partition coefficient (Wildman–Crippen LogP) is 1.23. The van der Waals surface area contributed by atoms with Crippen LogP contribution in [0.5, 0.6) is 0 Å². The number of pyridine rings is 1. The van der Waals surface area contributed by atoms with Crippen LogP contribution in [0.15, 0.2) is 36.9 Å². The molecule has 0 amide bonds. The number of rotatable bonds is 3. The highest BCUT2D eigenvalue weighted by Crippen LogP contribution is 2.09. The normalized spacial score (nSPS) is 10.1. The second-order valence-corrected chi connectivity index (χ2v) is 3.01. The Balaban J connectivity index is 2.15. The maximum atomic E-state index is 10.4. The highest BCUT2D eigenvalue weighted by molar-refractivity contribution is 5.21. The summed E-state index contributed by atoms with van der Waals surface area (Å²) in [7, 11) is 0. The van der Waals surface area contributed by atoms with Gasteiger partial charge >= 0.3 is 5.69 Å². The molecular formula is C9H8N4O2. The lowest BCUT2D eigenvalue weighted by Gasteiger charge is -1.98. The average molecular weight is 204 g/mol. The van der Waals surface area contributed by atoms with Gasteiger partial charge in [-0.15, -0.1) is 0 Å². The Bertz CT molecular complexity index is 466. The van der Waals surface area contributed by atoms with E-state index in [1.54, 1.807) is 12.4 Å². The van der Waals surface area contributed by atoms with Gasteiger partial charge in [0.25, 0.3) is 0 Å². The van der Waals surface area contributed by atoms with Gasteiger partial charge in [0, 0.05) is 12.4 Å². The minimum absolute atomic E-state index is 0.00103. The highest BCUT2D eigenvalue weighted by atomic mass is 16.6. The van der Waals surface area contributed by atoms with Crippen LogP contribution in [0.2, 0.25) is 0 Å². The molecule has 2 aromatic rings. The fraction of sp³-hybridized carbons (Fsp3) is 0.111. The first kappa shape index (κ1) is 9.32. The van der Waals surface area contributed by atoms with Gasteiger partial charge in [0.05, 0.1) is 11.5 Å². The zero-order valence-electron chi connectivity index (χ0n) is 7.78. The van der Waals surface area contributed by atoms with Gasteiger partial charge in [-0.2, -0.15) is 5.10 Å². The topological polar surface area (TPSA) is 73.8 Å². The first-order valence-corrected chi connectivity index (χ1v) is 4.31. The van der Waals surface area contributed by atoms with E-state index in [9.17, 15) is 10.1 Å². The van der Waals surface area contributed by atoms with Gasteiger partial charge in [-0.3, -0.25) is 19.8 Å². The van der Waals surface area contributed by atoms with Crippen LogP contribution in [0.1, 0.15) is 5.56 Å². The summed E-state index contributed by atoms with van der Waals surface area (Å²) in [5, 5.41) is 14.3. The number of nitro groups is 1. The minimum Gasteiger partial charge on any atom is -0.264 e. The second-order valence-electron chi connectivity index (χ2n) is 3.01. The lowest BCUT2D eigenvalue weighted by Crippen LogP contribution is -1.99. The molecule has 15 heavy (non-hydrogen) atoms. The van der Waals surface area contributed by atoms with Crippen LogP contribution in [0.3, 0.4) is 0 Å². The molecule has 0 unspecified atom stereocenters. The Morgan fingerprint density at radius 3 is 2.93 bits per heavy atom. The van der Waals surface area contributed by atoms with Crippen molar-refractivity contribution in [1.29, 1.82) is 0 Å². The SMILES string of the molecule is O=[N+]([O-])c1cnn(Cc2cccnc2)c1. The first-order valence-electron chi connectivity index (χ1n) is 4.31. The predicted molar refractivity (Wildman–Crippen MR) is 52.2 cm³/mol. The third-order valence-corrected chi connectivity index (χ3v) is 1.90. The summed E-state index contributed by atoms with van der Waals surface area (Å²) in [5.74, 6) is 0. The molecule has 2 aromatic heterocycles. The van der Waals surface area contributed by atoms with Crippen LogP contribution in [0.4, 0.5) is 5.69 Å². The molecular weight excluding hydrogens is 196 g/mol. The molecule has 0 aliphatic carbocycles. The molecule has 0 aliphatic heterocycles. The van der Waals surface area contributed by atoms with Crippen LogP contribution in [-0.2, 0) is 6.54 Å². The first-order chi connectivity index (χ1) is 7.25. The summed E-state index contributed by atoms with van der Waals surface area (Å²) in [6, 6.07) is 3.70. The van der Waals surface area contributed by atoms with Crippen molar-refractivity contribution in [3.05, 3.63) is 52.6 Å². The maximum absolute atomic E-state index is 10.4. The van der Waals surface area contributed by atoms with E-state index in [0.29, 0.717) is 6.54 Å². The van der Waals surface area contributed by atoms with Gasteiger partial charge in [0.15, 0.2) is 0 Å². The van der Waals surface area contributed by atoms with Crippen LogP contribution >= 0.6 is 0 Å². The molecule has 2 rings (SSSR count). The van der Waals surface area contributed by atoms with Crippen molar-refractivity contribution in [2.75, 3.05) is 0 Å². The molecule has 6 nitrogen and oxygen atoms in total. The van der Waals surface area contributed by atoms with E-state index >= 15 is 0 Å². The molecule has 0 atom stereocenters. The largest absolute Gasteiger partial charge is 0.307 e. The lowest BCUT2D eigenvalue weighted by molar-refractivity contribution is -0.385. The summed E-state index contributed by atoms with van der Waals surface area (Å²) in [6.45, 7) is 0.488. The number of aromatic nitrogens is 3. The fourth-order valence-corrected chi connectivity index (χ4v) is 1.21. The zero-order valence-corrected chi connectivity index (χ0v) is 7.78. The number of nitrogens with zero attached hydrogens (tertiary/aromatic N) is 4. The van der Waals surface area contributed by atoms with Crippen molar-refractivity contribution in [3.63, 3.8) is 0 Å². The monoisotopic (exact) mass is 204 g/mol. The van der Waals surface area contributed by atoms with E-state index in [1.165, 1.54) is 17.1 Å². The molecule has 2 heterocycles. The Kier molecular flexibility index (Phi) is 2.40. The highest BCUT2D eigenvalue weighted by Gasteiger charge is 2.08. The van der Waals surface area contributed by atoms with Crippen molar-refractivity contribution < 1.29 is 4.92 Å². The van der Waals surface area contributed by atoms with Gasteiger partial charge in [0.2, 0.25) is 0 Å². The quantitative estimate of drug-likeness (QED) is 0.556. The second kappa shape index (κ2) is 3.87. The molecule has 0 radical (unpaired) electrons. The van der Waals surface area contributed by atoms with Crippen LogP contribution < -0.4 is 0 Å².